The molecular weight excluding hydrogens is 411 g/mol. The fraction of sp³-hybridized carbons (Fsp3) is 0.158. The molecule has 1 aromatic heterocycles. The predicted octanol–water partition coefficient (Wildman–Crippen LogP) is 4.97. The lowest BCUT2D eigenvalue weighted by Gasteiger charge is -2.15. The molecule has 6 nitrogen and oxygen atoms in total. The average Bonchev–Trinajstić information content (AvgIpc) is 2.98. The fourth-order valence-corrected chi connectivity index (χ4v) is 2.98. The van der Waals surface area contributed by atoms with Gasteiger partial charge in [0.2, 0.25) is 0 Å². The standard InChI is InChI=1S/C19H15ClF3N3O3/c1-26-18(15(20)9-24-26)14-8-13(5-6-16(14)29-10-17(27)28)25-12-4-2-3-11(7-12)19(21,22)23/h2-9,25H,10H2,1H3,(H,27,28). The molecule has 0 aliphatic heterocycles. The molecule has 1 heterocycles. The number of rotatable bonds is 6. The van der Waals surface area contributed by atoms with Crippen molar-refractivity contribution in [1.82, 2.24) is 9.78 Å². The van der Waals surface area contributed by atoms with E-state index in [1.54, 1.807) is 19.2 Å². The molecule has 152 valence electrons. The van der Waals surface area contributed by atoms with Crippen LogP contribution >= 0.6 is 11.6 Å². The van der Waals surface area contributed by atoms with Crippen LogP contribution in [0.2, 0.25) is 5.02 Å². The van der Waals surface area contributed by atoms with E-state index < -0.39 is 24.3 Å². The number of carbonyl (C=O) groups is 1. The SMILES string of the molecule is Cn1ncc(Cl)c1-c1cc(Nc2cccc(C(F)(F)F)c2)ccc1OCC(=O)O. The molecule has 2 aromatic carbocycles. The summed E-state index contributed by atoms with van der Waals surface area (Å²) in [5.41, 5.74) is 0.826. The van der Waals surface area contributed by atoms with Gasteiger partial charge in [0.15, 0.2) is 6.61 Å². The molecule has 3 aromatic rings. The van der Waals surface area contributed by atoms with Crippen LogP contribution in [0.3, 0.4) is 0 Å². The van der Waals surface area contributed by atoms with Crippen LogP contribution in [0.4, 0.5) is 24.5 Å². The second kappa shape index (κ2) is 8.04. The number of ether oxygens (including phenoxy) is 1. The minimum absolute atomic E-state index is 0.237. The Hall–Kier alpha value is -3.20. The van der Waals surface area contributed by atoms with Gasteiger partial charge in [-0.25, -0.2) is 4.79 Å². The summed E-state index contributed by atoms with van der Waals surface area (Å²) in [6.07, 6.45) is -3.04. The molecule has 0 bridgehead atoms. The van der Waals surface area contributed by atoms with Gasteiger partial charge in [-0.15, -0.1) is 0 Å². The van der Waals surface area contributed by atoms with Crippen LogP contribution in [0, 0.1) is 0 Å². The fourth-order valence-electron chi connectivity index (χ4n) is 2.71. The Balaban J connectivity index is 1.99. The van der Waals surface area contributed by atoms with Gasteiger partial charge in [0.1, 0.15) is 5.75 Å². The first-order valence-corrected chi connectivity index (χ1v) is 8.64. The largest absolute Gasteiger partial charge is 0.481 e. The number of nitrogens with one attached hydrogen (secondary N) is 1. The zero-order valence-electron chi connectivity index (χ0n) is 15.0. The van der Waals surface area contributed by atoms with Crippen molar-refractivity contribution in [2.24, 2.45) is 7.05 Å². The van der Waals surface area contributed by atoms with Gasteiger partial charge >= 0.3 is 12.1 Å². The van der Waals surface area contributed by atoms with Crippen LogP contribution in [0.5, 0.6) is 5.75 Å². The van der Waals surface area contributed by atoms with Crippen LogP contribution in [0.1, 0.15) is 5.56 Å². The number of carboxylic acids is 1. The van der Waals surface area contributed by atoms with E-state index in [9.17, 15) is 18.0 Å². The number of aromatic nitrogens is 2. The molecule has 0 amide bonds. The summed E-state index contributed by atoms with van der Waals surface area (Å²) in [5, 5.41) is 16.1. The minimum atomic E-state index is -4.46. The molecule has 10 heteroatoms. The van der Waals surface area contributed by atoms with Crippen molar-refractivity contribution >= 4 is 28.9 Å². The Morgan fingerprint density at radius 1 is 1.24 bits per heavy atom. The zero-order valence-corrected chi connectivity index (χ0v) is 15.8. The number of halogens is 4. The minimum Gasteiger partial charge on any atom is -0.481 e. The normalized spacial score (nSPS) is 11.3. The Morgan fingerprint density at radius 2 is 1.97 bits per heavy atom. The maximum atomic E-state index is 12.9. The van der Waals surface area contributed by atoms with Crippen LogP contribution in [-0.4, -0.2) is 27.5 Å². The van der Waals surface area contributed by atoms with E-state index in [1.807, 2.05) is 0 Å². The third-order valence-corrected chi connectivity index (χ3v) is 4.24. The van der Waals surface area contributed by atoms with Crippen molar-refractivity contribution in [3.8, 4) is 17.0 Å². The van der Waals surface area contributed by atoms with Crippen molar-refractivity contribution in [2.45, 2.75) is 6.18 Å². The van der Waals surface area contributed by atoms with Crippen molar-refractivity contribution in [3.05, 3.63) is 59.2 Å². The number of nitrogens with zero attached hydrogens (tertiary/aromatic N) is 2. The summed E-state index contributed by atoms with van der Waals surface area (Å²) < 4.78 is 45.6. The van der Waals surface area contributed by atoms with Gasteiger partial charge in [-0.05, 0) is 36.4 Å². The zero-order chi connectivity index (χ0) is 21.2. The summed E-state index contributed by atoms with van der Waals surface area (Å²) >= 11 is 6.20. The lowest BCUT2D eigenvalue weighted by molar-refractivity contribution is -0.139. The van der Waals surface area contributed by atoms with Crippen LogP contribution in [-0.2, 0) is 18.0 Å². The van der Waals surface area contributed by atoms with Crippen LogP contribution < -0.4 is 10.1 Å². The first-order chi connectivity index (χ1) is 13.6. The number of anilines is 2. The number of aliphatic carboxylic acids is 1. The molecule has 0 radical (unpaired) electrons. The van der Waals surface area contributed by atoms with Crippen LogP contribution in [0.25, 0.3) is 11.3 Å². The molecule has 0 fully saturated rings. The second-order valence-corrected chi connectivity index (χ2v) is 6.47. The number of aryl methyl sites for hydroxylation is 1. The van der Waals surface area contributed by atoms with E-state index in [2.05, 4.69) is 10.4 Å². The Labute approximate surface area is 168 Å². The lowest BCUT2D eigenvalue weighted by Crippen LogP contribution is -2.10. The Kier molecular flexibility index (Phi) is 5.69. The van der Waals surface area contributed by atoms with E-state index in [4.69, 9.17) is 21.4 Å². The van der Waals surface area contributed by atoms with Crippen LogP contribution in [0.15, 0.2) is 48.7 Å². The van der Waals surface area contributed by atoms with Crippen molar-refractivity contribution in [3.63, 3.8) is 0 Å². The van der Waals surface area contributed by atoms with Gasteiger partial charge in [-0.1, -0.05) is 17.7 Å². The monoisotopic (exact) mass is 425 g/mol. The van der Waals surface area contributed by atoms with Crippen molar-refractivity contribution < 1.29 is 27.8 Å². The average molecular weight is 426 g/mol. The molecule has 0 saturated heterocycles. The van der Waals surface area contributed by atoms with Crippen molar-refractivity contribution in [1.29, 1.82) is 0 Å². The number of benzene rings is 2. The molecular formula is C19H15ClF3N3O3. The first-order valence-electron chi connectivity index (χ1n) is 8.26. The van der Waals surface area contributed by atoms with E-state index >= 15 is 0 Å². The van der Waals surface area contributed by atoms with Gasteiger partial charge in [-0.3, -0.25) is 4.68 Å². The maximum absolute atomic E-state index is 12.9. The highest BCUT2D eigenvalue weighted by molar-refractivity contribution is 6.33. The first kappa shape index (κ1) is 20.5. The van der Waals surface area contributed by atoms with E-state index in [0.29, 0.717) is 22.0 Å². The Bertz CT molecular complexity index is 1030. The molecule has 0 spiro atoms. The van der Waals surface area contributed by atoms with E-state index in [1.165, 1.54) is 29.1 Å². The molecule has 2 N–H and O–H groups in total. The van der Waals surface area contributed by atoms with Gasteiger partial charge in [0.25, 0.3) is 0 Å². The smallest absolute Gasteiger partial charge is 0.416 e. The molecule has 0 aliphatic rings. The van der Waals surface area contributed by atoms with E-state index in [0.717, 1.165) is 12.1 Å². The molecule has 29 heavy (non-hydrogen) atoms. The quantitative estimate of drug-likeness (QED) is 0.583. The number of alkyl halides is 3. The number of carboxylic acid groups (broad SMARTS) is 1. The molecule has 3 rings (SSSR count). The Morgan fingerprint density at radius 3 is 2.59 bits per heavy atom. The number of hydrogen-bond acceptors (Lipinski definition) is 4. The number of hydrogen-bond donors (Lipinski definition) is 2. The molecule has 0 saturated carbocycles. The highest BCUT2D eigenvalue weighted by atomic mass is 35.5. The lowest BCUT2D eigenvalue weighted by atomic mass is 10.1. The van der Waals surface area contributed by atoms with Gasteiger partial charge in [-0.2, -0.15) is 18.3 Å². The summed E-state index contributed by atoms with van der Waals surface area (Å²) in [4.78, 5) is 10.9. The third kappa shape index (κ3) is 4.80. The molecule has 0 aliphatic carbocycles. The summed E-state index contributed by atoms with van der Waals surface area (Å²) in [6.45, 7) is -0.567. The van der Waals surface area contributed by atoms with Crippen molar-refractivity contribution in [2.75, 3.05) is 11.9 Å². The summed E-state index contributed by atoms with van der Waals surface area (Å²) in [6, 6.07) is 9.44. The molecule has 0 unspecified atom stereocenters. The highest BCUT2D eigenvalue weighted by Crippen LogP contribution is 2.37. The predicted molar refractivity (Wildman–Crippen MR) is 102 cm³/mol. The van der Waals surface area contributed by atoms with Gasteiger partial charge < -0.3 is 15.2 Å². The maximum Gasteiger partial charge on any atom is 0.416 e. The van der Waals surface area contributed by atoms with Gasteiger partial charge in [0.05, 0.1) is 22.5 Å². The second-order valence-electron chi connectivity index (χ2n) is 6.06. The van der Waals surface area contributed by atoms with E-state index in [-0.39, 0.29) is 11.4 Å². The summed E-state index contributed by atoms with van der Waals surface area (Å²) in [5.74, 6) is -0.911. The third-order valence-electron chi connectivity index (χ3n) is 3.96. The van der Waals surface area contributed by atoms with Gasteiger partial charge in [0, 0.05) is 24.0 Å². The topological polar surface area (TPSA) is 76.4 Å². The summed E-state index contributed by atoms with van der Waals surface area (Å²) in [7, 11) is 1.65. The molecule has 0 atom stereocenters. The highest BCUT2D eigenvalue weighted by Gasteiger charge is 2.30.